The molecule has 2 atom stereocenters. The maximum Gasteiger partial charge on any atom is 0.270 e. The summed E-state index contributed by atoms with van der Waals surface area (Å²) in [5.74, 6) is 3.75. The summed E-state index contributed by atoms with van der Waals surface area (Å²) in [5.41, 5.74) is 1.68. The fourth-order valence-corrected chi connectivity index (χ4v) is 4.60. The third kappa shape index (κ3) is 2.78. The minimum absolute atomic E-state index is 0.0330. The predicted molar refractivity (Wildman–Crippen MR) is 94.4 cm³/mol. The molecule has 4 rings (SSSR count). The number of piperidine rings is 1. The number of hydrogen-bond acceptors (Lipinski definition) is 4. The summed E-state index contributed by atoms with van der Waals surface area (Å²) in [5, 5.41) is 2.93. The molecule has 5 heteroatoms. The molecule has 0 radical (unpaired) electrons. The van der Waals surface area contributed by atoms with Crippen molar-refractivity contribution in [1.29, 1.82) is 0 Å². The van der Waals surface area contributed by atoms with E-state index in [2.05, 4.69) is 29.0 Å². The fourth-order valence-electron chi connectivity index (χ4n) is 4.60. The number of aromatic nitrogens is 2. The molecule has 0 bridgehead atoms. The molecule has 0 unspecified atom stereocenters. The number of nitrogens with zero attached hydrogens (tertiary/aromatic N) is 3. The number of anilines is 1. The van der Waals surface area contributed by atoms with Gasteiger partial charge in [0.15, 0.2) is 0 Å². The van der Waals surface area contributed by atoms with Gasteiger partial charge in [-0.05, 0) is 31.1 Å². The summed E-state index contributed by atoms with van der Waals surface area (Å²) in [7, 11) is 0. The molecule has 0 aromatic carbocycles. The van der Waals surface area contributed by atoms with Gasteiger partial charge in [-0.15, -0.1) is 0 Å². The highest BCUT2D eigenvalue weighted by Crippen LogP contribution is 2.38. The van der Waals surface area contributed by atoms with Crippen LogP contribution in [0.2, 0.25) is 0 Å². The molecule has 2 fully saturated rings. The summed E-state index contributed by atoms with van der Waals surface area (Å²) in [6, 6.07) is 0. The predicted octanol–water partition coefficient (Wildman–Crippen LogP) is 2.90. The van der Waals surface area contributed by atoms with Gasteiger partial charge in [0, 0.05) is 31.1 Å². The van der Waals surface area contributed by atoms with E-state index in [9.17, 15) is 4.79 Å². The Morgan fingerprint density at radius 2 is 1.92 bits per heavy atom. The van der Waals surface area contributed by atoms with Crippen molar-refractivity contribution in [2.75, 3.05) is 24.5 Å². The molecule has 1 aromatic heterocycles. The molecule has 5 nitrogen and oxygen atoms in total. The second kappa shape index (κ2) is 6.34. The van der Waals surface area contributed by atoms with Gasteiger partial charge in [0.2, 0.25) is 0 Å². The van der Waals surface area contributed by atoms with Gasteiger partial charge in [-0.25, -0.2) is 9.97 Å². The summed E-state index contributed by atoms with van der Waals surface area (Å²) in [6.07, 6.45) is 7.65. The molecule has 2 aliphatic heterocycles. The van der Waals surface area contributed by atoms with Crippen LogP contribution < -0.4 is 10.2 Å². The van der Waals surface area contributed by atoms with Gasteiger partial charge in [-0.2, -0.15) is 0 Å². The highest BCUT2D eigenvalue weighted by Gasteiger charge is 2.34. The fraction of sp³-hybridized carbons (Fsp3) is 0.737. The number of hydrogen-bond donors (Lipinski definition) is 1. The minimum Gasteiger partial charge on any atom is -0.356 e. The monoisotopic (exact) mass is 328 g/mol. The Bertz CT molecular complexity index is 642. The third-order valence-electron chi connectivity index (χ3n) is 5.99. The highest BCUT2D eigenvalue weighted by molar-refractivity contribution is 5.96. The smallest absolute Gasteiger partial charge is 0.270 e. The Hall–Kier alpha value is -1.65. The first-order valence-corrected chi connectivity index (χ1v) is 9.57. The van der Waals surface area contributed by atoms with Crippen LogP contribution in [-0.2, 0) is 6.42 Å². The van der Waals surface area contributed by atoms with E-state index in [0.29, 0.717) is 12.2 Å². The van der Waals surface area contributed by atoms with Gasteiger partial charge in [-0.3, -0.25) is 4.79 Å². The number of fused-ring (bicyclic) bond motifs is 2. The lowest BCUT2D eigenvalue weighted by atomic mass is 9.75. The van der Waals surface area contributed by atoms with Crippen LogP contribution in [0.4, 0.5) is 5.82 Å². The van der Waals surface area contributed by atoms with E-state index in [1.807, 2.05) is 0 Å². The topological polar surface area (TPSA) is 58.1 Å². The van der Waals surface area contributed by atoms with Crippen LogP contribution in [0.1, 0.15) is 73.7 Å². The van der Waals surface area contributed by atoms with Crippen LogP contribution in [0.25, 0.3) is 0 Å². The molecular weight excluding hydrogens is 300 g/mol. The summed E-state index contributed by atoms with van der Waals surface area (Å²) in [4.78, 5) is 24.3. The summed E-state index contributed by atoms with van der Waals surface area (Å²) < 4.78 is 0. The quantitative estimate of drug-likeness (QED) is 0.907. The molecule has 1 saturated heterocycles. The first-order valence-electron chi connectivity index (χ1n) is 9.57. The number of carbonyl (C=O) groups is 1. The Labute approximate surface area is 144 Å². The number of nitrogens with one attached hydrogen (secondary N) is 1. The summed E-state index contributed by atoms with van der Waals surface area (Å²) in [6.45, 7) is 7.07. The average Bonchev–Trinajstić information content (AvgIpc) is 2.61. The Balaban J connectivity index is 1.70. The van der Waals surface area contributed by atoms with Crippen LogP contribution in [0, 0.1) is 11.8 Å². The van der Waals surface area contributed by atoms with E-state index in [0.717, 1.165) is 48.6 Å². The van der Waals surface area contributed by atoms with Gasteiger partial charge in [-0.1, -0.05) is 33.1 Å². The average molecular weight is 328 g/mol. The van der Waals surface area contributed by atoms with Gasteiger partial charge >= 0.3 is 0 Å². The van der Waals surface area contributed by atoms with Crippen LogP contribution in [0.3, 0.4) is 0 Å². The van der Waals surface area contributed by atoms with Crippen LogP contribution >= 0.6 is 0 Å². The minimum atomic E-state index is -0.0330. The van der Waals surface area contributed by atoms with Crippen LogP contribution in [0.5, 0.6) is 0 Å². The zero-order chi connectivity index (χ0) is 16.7. The zero-order valence-corrected chi connectivity index (χ0v) is 14.8. The standard InChI is InChI=1S/C19H28N4O/c1-12(2)17-21-16-15(7-9-20-19(16)24)18(22-17)23-10-8-13-5-3-4-6-14(13)11-23/h12-14H,3-11H2,1-2H3,(H,20,24)/t13-,14-/m0/s1. The van der Waals surface area contributed by atoms with Gasteiger partial charge in [0.25, 0.3) is 5.91 Å². The molecule has 0 spiro atoms. The van der Waals surface area contributed by atoms with E-state index in [4.69, 9.17) is 4.98 Å². The van der Waals surface area contributed by atoms with Gasteiger partial charge in [0.05, 0.1) is 0 Å². The number of rotatable bonds is 2. The Morgan fingerprint density at radius 3 is 2.71 bits per heavy atom. The van der Waals surface area contributed by atoms with E-state index >= 15 is 0 Å². The van der Waals surface area contributed by atoms with Crippen molar-refractivity contribution in [3.8, 4) is 0 Å². The molecule has 1 amide bonds. The largest absolute Gasteiger partial charge is 0.356 e. The molecule has 3 aliphatic rings. The SMILES string of the molecule is CC(C)c1nc2c(c(N3CC[C@@H]4CCCC[C@H]4C3)n1)CCNC2=O. The van der Waals surface area contributed by atoms with Gasteiger partial charge < -0.3 is 10.2 Å². The van der Waals surface area contributed by atoms with E-state index in [-0.39, 0.29) is 11.8 Å². The van der Waals surface area contributed by atoms with Crippen molar-refractivity contribution < 1.29 is 4.79 Å². The lowest BCUT2D eigenvalue weighted by molar-refractivity contribution is 0.0939. The second-order valence-electron chi connectivity index (χ2n) is 7.93. The molecule has 130 valence electrons. The first-order chi connectivity index (χ1) is 11.6. The van der Waals surface area contributed by atoms with Crippen molar-refractivity contribution in [2.24, 2.45) is 11.8 Å². The Morgan fingerprint density at radius 1 is 1.12 bits per heavy atom. The van der Waals surface area contributed by atoms with Crippen molar-refractivity contribution in [1.82, 2.24) is 15.3 Å². The van der Waals surface area contributed by atoms with E-state index < -0.39 is 0 Å². The zero-order valence-electron chi connectivity index (χ0n) is 14.8. The number of carbonyl (C=O) groups excluding carboxylic acids is 1. The molecular formula is C19H28N4O. The summed E-state index contributed by atoms with van der Waals surface area (Å²) >= 11 is 0. The second-order valence-corrected chi connectivity index (χ2v) is 7.93. The van der Waals surface area contributed by atoms with Crippen molar-refractivity contribution >= 4 is 11.7 Å². The van der Waals surface area contributed by atoms with Crippen LogP contribution in [-0.4, -0.2) is 35.5 Å². The maximum atomic E-state index is 12.3. The first kappa shape index (κ1) is 15.9. The normalized spacial score (nSPS) is 26.8. The number of amides is 1. The molecule has 1 N–H and O–H groups in total. The third-order valence-corrected chi connectivity index (χ3v) is 5.99. The lowest BCUT2D eigenvalue weighted by Gasteiger charge is -2.42. The maximum absolute atomic E-state index is 12.3. The lowest BCUT2D eigenvalue weighted by Crippen LogP contribution is -2.44. The molecule has 1 aromatic rings. The molecule has 1 aliphatic carbocycles. The van der Waals surface area contributed by atoms with E-state index in [1.54, 1.807) is 0 Å². The molecule has 24 heavy (non-hydrogen) atoms. The Kier molecular flexibility index (Phi) is 4.19. The van der Waals surface area contributed by atoms with Crippen molar-refractivity contribution in [2.45, 2.75) is 58.3 Å². The van der Waals surface area contributed by atoms with E-state index in [1.165, 1.54) is 32.1 Å². The van der Waals surface area contributed by atoms with Crippen molar-refractivity contribution in [3.63, 3.8) is 0 Å². The molecule has 3 heterocycles. The van der Waals surface area contributed by atoms with Gasteiger partial charge in [0.1, 0.15) is 17.3 Å². The molecule has 1 saturated carbocycles. The van der Waals surface area contributed by atoms with Crippen molar-refractivity contribution in [3.05, 3.63) is 17.1 Å². The van der Waals surface area contributed by atoms with Crippen LogP contribution in [0.15, 0.2) is 0 Å². The highest BCUT2D eigenvalue weighted by atomic mass is 16.1.